The number of hydrogen-bond donors (Lipinski definition) is 1. The van der Waals surface area contributed by atoms with Crippen LogP contribution in [0.3, 0.4) is 0 Å². The molecule has 0 atom stereocenters. The molecule has 1 aliphatic carbocycles. The van der Waals surface area contributed by atoms with E-state index in [-0.39, 0.29) is 18.3 Å². The summed E-state index contributed by atoms with van der Waals surface area (Å²) in [4.78, 5) is 33.9. The Morgan fingerprint density at radius 2 is 2.04 bits per heavy atom. The fraction of sp³-hybridized carbons (Fsp3) is 0.350. The highest BCUT2D eigenvalue weighted by molar-refractivity contribution is 7.18. The summed E-state index contributed by atoms with van der Waals surface area (Å²) in [6.45, 7) is 3.81. The van der Waals surface area contributed by atoms with Crippen molar-refractivity contribution in [2.45, 2.75) is 45.8 Å². The standard InChI is InChI=1S/C20H20N2O4S/c1-11(2)26-13-8-6-12(7-9-13)20(24)25-10-16-21-18(23)17-14-4-3-5-15(14)27-19(17)22-16/h6-9,11H,3-5,10H2,1-2H3,(H,21,22,23). The van der Waals surface area contributed by atoms with Crippen molar-refractivity contribution < 1.29 is 14.3 Å². The number of benzene rings is 1. The summed E-state index contributed by atoms with van der Waals surface area (Å²) in [6.07, 6.45) is 3.11. The summed E-state index contributed by atoms with van der Waals surface area (Å²) in [6, 6.07) is 6.78. The molecule has 1 aliphatic rings. The molecule has 0 amide bonds. The molecule has 3 aromatic rings. The molecule has 140 valence electrons. The lowest BCUT2D eigenvalue weighted by Crippen LogP contribution is -2.14. The summed E-state index contributed by atoms with van der Waals surface area (Å²) in [5.74, 6) is 0.590. The minimum atomic E-state index is -0.470. The molecular weight excluding hydrogens is 364 g/mol. The van der Waals surface area contributed by atoms with E-state index in [1.54, 1.807) is 35.6 Å². The SMILES string of the molecule is CC(C)Oc1ccc(C(=O)OCc2nc3sc4c(c3c(=O)[nH]2)CCC4)cc1. The van der Waals surface area contributed by atoms with E-state index >= 15 is 0 Å². The lowest BCUT2D eigenvalue weighted by Gasteiger charge is -2.10. The number of nitrogens with one attached hydrogen (secondary N) is 1. The van der Waals surface area contributed by atoms with Crippen LogP contribution in [0.5, 0.6) is 5.75 Å². The molecule has 6 nitrogen and oxygen atoms in total. The van der Waals surface area contributed by atoms with Crippen molar-refractivity contribution in [3.63, 3.8) is 0 Å². The van der Waals surface area contributed by atoms with E-state index in [2.05, 4.69) is 9.97 Å². The zero-order valence-electron chi connectivity index (χ0n) is 15.2. The van der Waals surface area contributed by atoms with Crippen molar-refractivity contribution in [3.8, 4) is 5.75 Å². The second-order valence-corrected chi connectivity index (χ2v) is 7.90. The molecule has 0 saturated heterocycles. The molecule has 2 aromatic heterocycles. The second-order valence-electron chi connectivity index (χ2n) is 6.82. The Hall–Kier alpha value is -2.67. The summed E-state index contributed by atoms with van der Waals surface area (Å²) in [5, 5.41) is 0.698. The number of carbonyl (C=O) groups excluding carboxylic acids is 1. The van der Waals surface area contributed by atoms with Gasteiger partial charge in [-0.3, -0.25) is 4.79 Å². The summed E-state index contributed by atoms with van der Waals surface area (Å²) < 4.78 is 10.9. The molecule has 0 aliphatic heterocycles. The normalized spacial score (nSPS) is 13.1. The third-order valence-electron chi connectivity index (χ3n) is 4.43. The monoisotopic (exact) mass is 384 g/mol. The molecule has 0 spiro atoms. The van der Waals surface area contributed by atoms with Crippen molar-refractivity contribution in [1.29, 1.82) is 0 Å². The highest BCUT2D eigenvalue weighted by atomic mass is 32.1. The number of carbonyl (C=O) groups is 1. The molecule has 2 heterocycles. The van der Waals surface area contributed by atoms with E-state index in [4.69, 9.17) is 9.47 Å². The lowest BCUT2D eigenvalue weighted by molar-refractivity contribution is 0.0462. The summed E-state index contributed by atoms with van der Waals surface area (Å²) in [7, 11) is 0. The van der Waals surface area contributed by atoms with Gasteiger partial charge < -0.3 is 14.5 Å². The number of fused-ring (bicyclic) bond motifs is 3. The molecule has 0 bridgehead atoms. The number of ether oxygens (including phenoxy) is 2. The van der Waals surface area contributed by atoms with Crippen molar-refractivity contribution in [3.05, 3.63) is 56.4 Å². The van der Waals surface area contributed by atoms with Crippen LogP contribution in [0.25, 0.3) is 10.2 Å². The molecule has 27 heavy (non-hydrogen) atoms. The van der Waals surface area contributed by atoms with E-state index in [0.29, 0.717) is 22.5 Å². The van der Waals surface area contributed by atoms with Crippen molar-refractivity contribution in [2.75, 3.05) is 0 Å². The number of hydrogen-bond acceptors (Lipinski definition) is 6. The molecule has 4 rings (SSSR count). The molecule has 0 fully saturated rings. The molecule has 1 N–H and O–H groups in total. The minimum Gasteiger partial charge on any atom is -0.491 e. The number of aromatic amines is 1. The first kappa shape index (κ1) is 17.7. The molecule has 0 unspecified atom stereocenters. The van der Waals surface area contributed by atoms with Crippen LogP contribution in [0.15, 0.2) is 29.1 Å². The van der Waals surface area contributed by atoms with E-state index in [1.807, 2.05) is 13.8 Å². The van der Waals surface area contributed by atoms with Gasteiger partial charge in [-0.05, 0) is 62.9 Å². The predicted octanol–water partition coefficient (Wildman–Crippen LogP) is 3.62. The van der Waals surface area contributed by atoms with Crippen LogP contribution < -0.4 is 10.3 Å². The van der Waals surface area contributed by atoms with Crippen molar-refractivity contribution in [1.82, 2.24) is 9.97 Å². The van der Waals surface area contributed by atoms with Gasteiger partial charge in [0.15, 0.2) is 0 Å². The Balaban J connectivity index is 1.47. The zero-order valence-corrected chi connectivity index (χ0v) is 16.0. The number of esters is 1. The van der Waals surface area contributed by atoms with E-state index in [1.165, 1.54) is 4.88 Å². The van der Waals surface area contributed by atoms with Gasteiger partial charge in [-0.2, -0.15) is 0 Å². The maximum absolute atomic E-state index is 12.4. The number of thiophene rings is 1. The Morgan fingerprint density at radius 3 is 2.78 bits per heavy atom. The Bertz CT molecular complexity index is 1050. The number of H-pyrrole nitrogens is 1. The topological polar surface area (TPSA) is 81.3 Å². The third-order valence-corrected chi connectivity index (χ3v) is 5.61. The summed E-state index contributed by atoms with van der Waals surface area (Å²) in [5.41, 5.74) is 1.40. The largest absolute Gasteiger partial charge is 0.491 e. The van der Waals surface area contributed by atoms with Crippen LogP contribution in [-0.4, -0.2) is 22.0 Å². The first-order valence-electron chi connectivity index (χ1n) is 8.98. The predicted molar refractivity (Wildman–Crippen MR) is 104 cm³/mol. The Labute approximate surface area is 160 Å². The van der Waals surface area contributed by atoms with E-state index < -0.39 is 5.97 Å². The van der Waals surface area contributed by atoms with Gasteiger partial charge in [-0.25, -0.2) is 9.78 Å². The lowest BCUT2D eigenvalue weighted by atomic mass is 10.2. The molecule has 0 radical (unpaired) electrons. The highest BCUT2D eigenvalue weighted by Crippen LogP contribution is 2.34. The van der Waals surface area contributed by atoms with Crippen molar-refractivity contribution >= 4 is 27.5 Å². The van der Waals surface area contributed by atoms with Gasteiger partial charge in [-0.1, -0.05) is 0 Å². The Kier molecular flexibility index (Phi) is 4.70. The zero-order chi connectivity index (χ0) is 19.0. The number of aromatic nitrogens is 2. The molecule has 1 aromatic carbocycles. The van der Waals surface area contributed by atoms with Gasteiger partial charge in [-0.15, -0.1) is 11.3 Å². The molecule has 0 saturated carbocycles. The number of rotatable bonds is 5. The van der Waals surface area contributed by atoms with Crippen LogP contribution >= 0.6 is 11.3 Å². The molecule has 7 heteroatoms. The smallest absolute Gasteiger partial charge is 0.338 e. The summed E-state index contributed by atoms with van der Waals surface area (Å²) >= 11 is 1.57. The average Bonchev–Trinajstić information content (AvgIpc) is 3.20. The average molecular weight is 384 g/mol. The van der Waals surface area contributed by atoms with Crippen molar-refractivity contribution in [2.24, 2.45) is 0 Å². The van der Waals surface area contributed by atoms with E-state index in [0.717, 1.165) is 29.7 Å². The van der Waals surface area contributed by atoms with Gasteiger partial charge in [0.2, 0.25) is 0 Å². The maximum atomic E-state index is 12.4. The quantitative estimate of drug-likeness (QED) is 0.680. The van der Waals surface area contributed by atoms with E-state index in [9.17, 15) is 9.59 Å². The fourth-order valence-corrected chi connectivity index (χ4v) is 4.56. The first-order valence-corrected chi connectivity index (χ1v) is 9.80. The second kappa shape index (κ2) is 7.15. The highest BCUT2D eigenvalue weighted by Gasteiger charge is 2.21. The minimum absolute atomic E-state index is 0.0687. The van der Waals surface area contributed by atoms with Gasteiger partial charge >= 0.3 is 5.97 Å². The van der Waals surface area contributed by atoms with Gasteiger partial charge in [0.25, 0.3) is 5.56 Å². The number of aryl methyl sites for hydroxylation is 2. The fourth-order valence-electron chi connectivity index (χ4n) is 3.27. The van der Waals surface area contributed by atoms with Crippen LogP contribution in [-0.2, 0) is 24.2 Å². The first-order chi connectivity index (χ1) is 13.0. The van der Waals surface area contributed by atoms with Gasteiger partial charge in [0.1, 0.15) is 23.0 Å². The van der Waals surface area contributed by atoms with Gasteiger partial charge in [0.05, 0.1) is 17.1 Å². The number of nitrogens with zero attached hydrogens (tertiary/aromatic N) is 1. The van der Waals surface area contributed by atoms with Crippen LogP contribution in [0.2, 0.25) is 0 Å². The maximum Gasteiger partial charge on any atom is 0.338 e. The van der Waals surface area contributed by atoms with Crippen LogP contribution in [0.4, 0.5) is 0 Å². The van der Waals surface area contributed by atoms with Gasteiger partial charge in [0, 0.05) is 4.88 Å². The molecular formula is C20H20N2O4S. The third kappa shape index (κ3) is 3.60. The van der Waals surface area contributed by atoms with Crippen LogP contribution in [0, 0.1) is 0 Å². The Morgan fingerprint density at radius 1 is 1.26 bits per heavy atom. The van der Waals surface area contributed by atoms with Crippen LogP contribution in [0.1, 0.15) is 46.9 Å².